The average Bonchev–Trinajstić information content (AvgIpc) is 2.40. The Labute approximate surface area is 112 Å². The molecule has 5 heteroatoms. The number of hydrogen-bond donors (Lipinski definition) is 2. The zero-order valence-corrected chi connectivity index (χ0v) is 11.0. The molecule has 1 saturated heterocycles. The van der Waals surface area contributed by atoms with Crippen molar-refractivity contribution in [2.75, 3.05) is 32.8 Å². The zero-order chi connectivity index (χ0) is 13.0. The predicted octanol–water partition coefficient (Wildman–Crippen LogP) is 1.81. The lowest BCUT2D eigenvalue weighted by molar-refractivity contribution is 0.138. The van der Waals surface area contributed by atoms with Crippen molar-refractivity contribution in [3.8, 4) is 0 Å². The van der Waals surface area contributed by atoms with Gasteiger partial charge in [0.2, 0.25) is 0 Å². The van der Waals surface area contributed by atoms with E-state index in [1.807, 2.05) is 0 Å². The number of piperazine rings is 1. The van der Waals surface area contributed by atoms with E-state index in [4.69, 9.17) is 11.6 Å². The monoisotopic (exact) mass is 272 g/mol. The number of benzene rings is 1. The van der Waals surface area contributed by atoms with Crippen molar-refractivity contribution in [3.63, 3.8) is 0 Å². The maximum atomic E-state index is 13.9. The molecule has 1 heterocycles. The summed E-state index contributed by atoms with van der Waals surface area (Å²) >= 11 is 5.94. The SMILES string of the molecule is OCC[C@@H](c1cc(Cl)ccc1F)N1CCNCC1. The highest BCUT2D eigenvalue weighted by Crippen LogP contribution is 2.28. The molecule has 0 saturated carbocycles. The number of hydrogen-bond acceptors (Lipinski definition) is 3. The fraction of sp³-hybridized carbons (Fsp3) is 0.538. The number of rotatable bonds is 4. The van der Waals surface area contributed by atoms with Crippen molar-refractivity contribution in [2.24, 2.45) is 0 Å². The molecule has 2 rings (SSSR count). The van der Waals surface area contributed by atoms with Gasteiger partial charge in [-0.25, -0.2) is 4.39 Å². The van der Waals surface area contributed by atoms with Crippen LogP contribution >= 0.6 is 11.6 Å². The molecular formula is C13H18ClFN2O. The number of halogens is 2. The van der Waals surface area contributed by atoms with Crippen LogP contribution in [0.1, 0.15) is 18.0 Å². The summed E-state index contributed by atoms with van der Waals surface area (Å²) in [6.45, 7) is 3.54. The Balaban J connectivity index is 2.24. The van der Waals surface area contributed by atoms with Gasteiger partial charge in [-0.2, -0.15) is 0 Å². The van der Waals surface area contributed by atoms with E-state index in [-0.39, 0.29) is 18.5 Å². The van der Waals surface area contributed by atoms with Gasteiger partial charge in [-0.3, -0.25) is 4.90 Å². The number of aliphatic hydroxyl groups excluding tert-OH is 1. The summed E-state index contributed by atoms with van der Waals surface area (Å²) in [5.74, 6) is -0.253. The Kier molecular flexibility index (Phi) is 4.95. The maximum absolute atomic E-state index is 13.9. The van der Waals surface area contributed by atoms with E-state index >= 15 is 0 Å². The predicted molar refractivity (Wildman–Crippen MR) is 70.3 cm³/mol. The fourth-order valence-electron chi connectivity index (χ4n) is 2.42. The summed E-state index contributed by atoms with van der Waals surface area (Å²) in [4.78, 5) is 2.20. The van der Waals surface area contributed by atoms with Crippen molar-refractivity contribution in [1.82, 2.24) is 10.2 Å². The van der Waals surface area contributed by atoms with E-state index in [1.165, 1.54) is 6.07 Å². The van der Waals surface area contributed by atoms with Crippen LogP contribution in [0.15, 0.2) is 18.2 Å². The van der Waals surface area contributed by atoms with E-state index in [9.17, 15) is 9.50 Å². The molecule has 0 spiro atoms. The van der Waals surface area contributed by atoms with E-state index in [1.54, 1.807) is 12.1 Å². The molecule has 3 nitrogen and oxygen atoms in total. The molecule has 0 aliphatic carbocycles. The Morgan fingerprint density at radius 2 is 2.11 bits per heavy atom. The molecule has 0 unspecified atom stereocenters. The van der Waals surface area contributed by atoms with Gasteiger partial charge >= 0.3 is 0 Å². The summed E-state index contributed by atoms with van der Waals surface area (Å²) in [6, 6.07) is 4.51. The lowest BCUT2D eigenvalue weighted by atomic mass is 10.0. The molecule has 18 heavy (non-hydrogen) atoms. The number of nitrogens with one attached hydrogen (secondary N) is 1. The van der Waals surface area contributed by atoms with Crippen molar-refractivity contribution < 1.29 is 9.50 Å². The highest BCUT2D eigenvalue weighted by molar-refractivity contribution is 6.30. The second-order valence-electron chi connectivity index (χ2n) is 4.48. The summed E-state index contributed by atoms with van der Waals surface area (Å²) in [5.41, 5.74) is 0.582. The summed E-state index contributed by atoms with van der Waals surface area (Å²) in [5, 5.41) is 13.0. The topological polar surface area (TPSA) is 35.5 Å². The van der Waals surface area contributed by atoms with Crippen LogP contribution in [0.4, 0.5) is 4.39 Å². The second-order valence-corrected chi connectivity index (χ2v) is 4.92. The van der Waals surface area contributed by atoms with Gasteiger partial charge in [0, 0.05) is 49.4 Å². The molecule has 1 aromatic carbocycles. The van der Waals surface area contributed by atoms with Crippen LogP contribution in [-0.4, -0.2) is 42.8 Å². The van der Waals surface area contributed by atoms with Gasteiger partial charge in [0.25, 0.3) is 0 Å². The molecule has 0 radical (unpaired) electrons. The standard InChI is InChI=1S/C13H18ClFN2O/c14-10-1-2-12(15)11(9-10)13(3-8-18)17-6-4-16-5-7-17/h1-2,9,13,16,18H,3-8H2/t13-/m0/s1. The van der Waals surface area contributed by atoms with Gasteiger partial charge in [-0.1, -0.05) is 11.6 Å². The summed E-state index contributed by atoms with van der Waals surface area (Å²) in [6.07, 6.45) is 0.525. The van der Waals surface area contributed by atoms with Gasteiger partial charge in [0.05, 0.1) is 0 Å². The van der Waals surface area contributed by atoms with Crippen LogP contribution in [-0.2, 0) is 0 Å². The van der Waals surface area contributed by atoms with Gasteiger partial charge in [0.1, 0.15) is 5.82 Å². The highest BCUT2D eigenvalue weighted by atomic mass is 35.5. The molecule has 2 N–H and O–H groups in total. The Hall–Kier alpha value is -0.680. The molecule has 0 bridgehead atoms. The minimum absolute atomic E-state index is 0.0422. The van der Waals surface area contributed by atoms with E-state index in [0.29, 0.717) is 17.0 Å². The molecule has 1 aliphatic rings. The van der Waals surface area contributed by atoms with E-state index < -0.39 is 0 Å². The molecule has 0 aromatic heterocycles. The first-order valence-corrected chi connectivity index (χ1v) is 6.60. The van der Waals surface area contributed by atoms with E-state index in [0.717, 1.165) is 26.2 Å². The molecule has 1 aromatic rings. The third-order valence-corrected chi connectivity index (χ3v) is 3.55. The third kappa shape index (κ3) is 3.20. The maximum Gasteiger partial charge on any atom is 0.128 e. The molecule has 0 amide bonds. The van der Waals surface area contributed by atoms with Gasteiger partial charge in [0.15, 0.2) is 0 Å². The molecule has 100 valence electrons. The first-order valence-electron chi connectivity index (χ1n) is 6.23. The minimum atomic E-state index is -0.253. The molecule has 1 aliphatic heterocycles. The van der Waals surface area contributed by atoms with Crippen LogP contribution in [0.5, 0.6) is 0 Å². The lowest BCUT2D eigenvalue weighted by Gasteiger charge is -2.35. The van der Waals surface area contributed by atoms with Gasteiger partial charge < -0.3 is 10.4 Å². The summed E-state index contributed by atoms with van der Waals surface area (Å²) < 4.78 is 13.9. The van der Waals surface area contributed by atoms with Crippen molar-refractivity contribution in [3.05, 3.63) is 34.6 Å². The highest BCUT2D eigenvalue weighted by Gasteiger charge is 2.24. The average molecular weight is 273 g/mol. The van der Waals surface area contributed by atoms with Crippen LogP contribution in [0.2, 0.25) is 5.02 Å². The Bertz CT molecular complexity index is 397. The van der Waals surface area contributed by atoms with Gasteiger partial charge in [-0.15, -0.1) is 0 Å². The van der Waals surface area contributed by atoms with Crippen LogP contribution in [0.3, 0.4) is 0 Å². The lowest BCUT2D eigenvalue weighted by Crippen LogP contribution is -2.45. The van der Waals surface area contributed by atoms with Crippen molar-refractivity contribution in [1.29, 1.82) is 0 Å². The smallest absolute Gasteiger partial charge is 0.128 e. The van der Waals surface area contributed by atoms with Crippen LogP contribution in [0.25, 0.3) is 0 Å². The van der Waals surface area contributed by atoms with E-state index in [2.05, 4.69) is 10.2 Å². The van der Waals surface area contributed by atoms with Crippen molar-refractivity contribution in [2.45, 2.75) is 12.5 Å². The largest absolute Gasteiger partial charge is 0.396 e. The molecule has 1 fully saturated rings. The normalized spacial score (nSPS) is 18.8. The Morgan fingerprint density at radius 3 is 2.78 bits per heavy atom. The first-order chi connectivity index (χ1) is 8.72. The number of aliphatic hydroxyl groups is 1. The Morgan fingerprint density at radius 1 is 1.39 bits per heavy atom. The van der Waals surface area contributed by atoms with Crippen molar-refractivity contribution >= 4 is 11.6 Å². The molecule has 1 atom stereocenters. The first kappa shape index (κ1) is 13.7. The molecular weight excluding hydrogens is 255 g/mol. The minimum Gasteiger partial charge on any atom is -0.396 e. The van der Waals surface area contributed by atoms with Crippen LogP contribution < -0.4 is 5.32 Å². The van der Waals surface area contributed by atoms with Crippen LogP contribution in [0, 0.1) is 5.82 Å². The second kappa shape index (κ2) is 6.48. The summed E-state index contributed by atoms with van der Waals surface area (Å²) in [7, 11) is 0. The van der Waals surface area contributed by atoms with Gasteiger partial charge in [-0.05, 0) is 24.6 Å². The fourth-order valence-corrected chi connectivity index (χ4v) is 2.60. The quantitative estimate of drug-likeness (QED) is 0.878. The third-order valence-electron chi connectivity index (χ3n) is 3.31. The zero-order valence-electron chi connectivity index (χ0n) is 10.2. The number of nitrogens with zero attached hydrogens (tertiary/aromatic N) is 1.